The summed E-state index contributed by atoms with van der Waals surface area (Å²) in [6.45, 7) is 1.11. The molecular formula is C18H12N2O2S. The van der Waals surface area contributed by atoms with Gasteiger partial charge >= 0.3 is 0 Å². The summed E-state index contributed by atoms with van der Waals surface area (Å²) in [4.78, 5) is 4.54. The number of fused-ring (bicyclic) bond motifs is 2. The molecule has 1 aliphatic heterocycles. The van der Waals surface area contributed by atoms with E-state index in [0.717, 1.165) is 26.5 Å². The van der Waals surface area contributed by atoms with E-state index in [1.165, 1.54) is 11.3 Å². The molecule has 112 valence electrons. The fourth-order valence-electron chi connectivity index (χ4n) is 2.45. The zero-order chi connectivity index (χ0) is 15.6. The number of benzene rings is 2. The number of nitrogens with zero attached hydrogens (tertiary/aromatic N) is 2. The van der Waals surface area contributed by atoms with Crippen LogP contribution in [0.5, 0.6) is 11.5 Å². The molecule has 5 heteroatoms. The molecule has 0 bridgehead atoms. The van der Waals surface area contributed by atoms with Crippen LogP contribution >= 0.6 is 11.3 Å². The van der Waals surface area contributed by atoms with Gasteiger partial charge in [-0.25, -0.2) is 4.98 Å². The van der Waals surface area contributed by atoms with Gasteiger partial charge in [0.2, 0.25) is 0 Å². The van der Waals surface area contributed by atoms with Crippen LogP contribution in [0.25, 0.3) is 21.9 Å². The first-order chi connectivity index (χ1) is 11.3. The number of ether oxygens (including phenoxy) is 2. The van der Waals surface area contributed by atoms with E-state index in [1.807, 2.05) is 48.5 Å². The van der Waals surface area contributed by atoms with Gasteiger partial charge in [0.1, 0.15) is 24.3 Å². The second kappa shape index (κ2) is 5.75. The standard InChI is InChI=1S/C18H12N2O2S/c19-11-13(18-20-14-3-1-2-4-17(14)23-18)9-12-5-6-15-16(10-12)22-8-7-21-15/h1-6,9-10H,7-8H2/b13-9+. The van der Waals surface area contributed by atoms with Gasteiger partial charge in [0.05, 0.1) is 15.8 Å². The molecule has 0 spiro atoms. The molecule has 4 nitrogen and oxygen atoms in total. The maximum atomic E-state index is 9.50. The van der Waals surface area contributed by atoms with Crippen molar-refractivity contribution in [3.63, 3.8) is 0 Å². The van der Waals surface area contributed by atoms with Gasteiger partial charge in [0, 0.05) is 0 Å². The zero-order valence-corrected chi connectivity index (χ0v) is 13.0. The summed E-state index contributed by atoms with van der Waals surface area (Å²) >= 11 is 1.52. The Labute approximate surface area is 137 Å². The van der Waals surface area contributed by atoms with Crippen molar-refractivity contribution < 1.29 is 9.47 Å². The maximum absolute atomic E-state index is 9.50. The summed E-state index contributed by atoms with van der Waals surface area (Å²) in [7, 11) is 0. The minimum Gasteiger partial charge on any atom is -0.486 e. The predicted molar refractivity (Wildman–Crippen MR) is 90.5 cm³/mol. The zero-order valence-electron chi connectivity index (χ0n) is 12.2. The predicted octanol–water partition coefficient (Wildman–Crippen LogP) is 4.13. The molecular weight excluding hydrogens is 308 g/mol. The number of hydrogen-bond acceptors (Lipinski definition) is 5. The number of aromatic nitrogens is 1. The third-order valence-electron chi connectivity index (χ3n) is 3.52. The Balaban J connectivity index is 1.74. The van der Waals surface area contributed by atoms with Crippen LogP contribution in [0.1, 0.15) is 10.6 Å². The molecule has 2 aromatic carbocycles. The van der Waals surface area contributed by atoms with Crippen LogP contribution < -0.4 is 9.47 Å². The minimum absolute atomic E-state index is 0.544. The van der Waals surface area contributed by atoms with E-state index in [4.69, 9.17) is 9.47 Å². The Kier molecular flexibility index (Phi) is 3.45. The summed E-state index contributed by atoms with van der Waals surface area (Å²) in [5.41, 5.74) is 2.35. The highest BCUT2D eigenvalue weighted by Gasteiger charge is 2.13. The maximum Gasteiger partial charge on any atom is 0.161 e. The molecule has 0 atom stereocenters. The van der Waals surface area contributed by atoms with Gasteiger partial charge in [0.25, 0.3) is 0 Å². The normalized spacial score (nSPS) is 13.8. The summed E-state index contributed by atoms with van der Waals surface area (Å²) < 4.78 is 12.2. The topological polar surface area (TPSA) is 55.1 Å². The molecule has 1 aromatic heterocycles. The fraction of sp³-hybridized carbons (Fsp3) is 0.111. The van der Waals surface area contributed by atoms with Gasteiger partial charge in [-0.05, 0) is 35.9 Å². The van der Waals surface area contributed by atoms with Gasteiger partial charge in [0.15, 0.2) is 11.5 Å². The van der Waals surface area contributed by atoms with E-state index in [-0.39, 0.29) is 0 Å². The van der Waals surface area contributed by atoms with Gasteiger partial charge in [-0.3, -0.25) is 0 Å². The summed E-state index contributed by atoms with van der Waals surface area (Å²) in [6.07, 6.45) is 1.83. The van der Waals surface area contributed by atoms with Gasteiger partial charge < -0.3 is 9.47 Å². The number of para-hydroxylation sites is 1. The van der Waals surface area contributed by atoms with Crippen molar-refractivity contribution in [1.29, 1.82) is 5.26 Å². The van der Waals surface area contributed by atoms with Crippen molar-refractivity contribution in [2.45, 2.75) is 0 Å². The molecule has 2 heterocycles. The molecule has 0 saturated heterocycles. The van der Waals surface area contributed by atoms with E-state index in [9.17, 15) is 5.26 Å². The molecule has 0 N–H and O–H groups in total. The quantitative estimate of drug-likeness (QED) is 0.666. The summed E-state index contributed by atoms with van der Waals surface area (Å²) in [5.74, 6) is 1.46. The van der Waals surface area contributed by atoms with Crippen LogP contribution in [-0.4, -0.2) is 18.2 Å². The lowest BCUT2D eigenvalue weighted by molar-refractivity contribution is 0.171. The van der Waals surface area contributed by atoms with Crippen LogP contribution in [0, 0.1) is 11.3 Å². The third-order valence-corrected chi connectivity index (χ3v) is 4.59. The smallest absolute Gasteiger partial charge is 0.161 e. The Morgan fingerprint density at radius 2 is 1.96 bits per heavy atom. The second-order valence-corrected chi connectivity index (χ2v) is 6.09. The Bertz CT molecular complexity index is 920. The Morgan fingerprint density at radius 3 is 2.78 bits per heavy atom. The lowest BCUT2D eigenvalue weighted by Gasteiger charge is -2.18. The molecule has 0 aliphatic carbocycles. The Hall–Kier alpha value is -2.84. The first kappa shape index (κ1) is 13.8. The van der Waals surface area contributed by atoms with E-state index in [0.29, 0.717) is 24.5 Å². The van der Waals surface area contributed by atoms with Crippen LogP contribution in [-0.2, 0) is 0 Å². The van der Waals surface area contributed by atoms with E-state index < -0.39 is 0 Å². The Morgan fingerprint density at radius 1 is 1.13 bits per heavy atom. The summed E-state index contributed by atoms with van der Waals surface area (Å²) in [5, 5.41) is 10.2. The first-order valence-electron chi connectivity index (χ1n) is 7.21. The highest BCUT2D eigenvalue weighted by molar-refractivity contribution is 7.19. The molecule has 0 unspecified atom stereocenters. The van der Waals surface area contributed by atoms with Crippen molar-refractivity contribution in [1.82, 2.24) is 4.98 Å². The van der Waals surface area contributed by atoms with Crippen molar-refractivity contribution in [2.75, 3.05) is 13.2 Å². The number of thiazole rings is 1. The van der Waals surface area contributed by atoms with Gasteiger partial charge in [-0.15, -0.1) is 11.3 Å². The molecule has 0 amide bonds. The average molecular weight is 320 g/mol. The highest BCUT2D eigenvalue weighted by atomic mass is 32.1. The second-order valence-electron chi connectivity index (χ2n) is 5.06. The molecule has 1 aliphatic rings. The number of allylic oxidation sites excluding steroid dienone is 1. The molecule has 0 radical (unpaired) electrons. The third kappa shape index (κ3) is 2.65. The monoisotopic (exact) mass is 320 g/mol. The SMILES string of the molecule is N#C/C(=C\c1ccc2c(c1)OCCO2)c1nc2ccccc2s1. The van der Waals surface area contributed by atoms with Crippen molar-refractivity contribution in [2.24, 2.45) is 0 Å². The number of nitriles is 1. The fourth-order valence-corrected chi connectivity index (χ4v) is 3.38. The van der Waals surface area contributed by atoms with Crippen molar-refractivity contribution in [3.8, 4) is 17.6 Å². The lowest BCUT2D eigenvalue weighted by Crippen LogP contribution is -2.15. The van der Waals surface area contributed by atoms with Crippen LogP contribution in [0.4, 0.5) is 0 Å². The van der Waals surface area contributed by atoms with Gasteiger partial charge in [-0.2, -0.15) is 5.26 Å². The highest BCUT2D eigenvalue weighted by Crippen LogP contribution is 2.33. The molecule has 4 rings (SSSR count). The van der Waals surface area contributed by atoms with Crippen LogP contribution in [0.3, 0.4) is 0 Å². The minimum atomic E-state index is 0.544. The lowest BCUT2D eigenvalue weighted by atomic mass is 10.1. The van der Waals surface area contributed by atoms with Crippen molar-refractivity contribution >= 4 is 33.2 Å². The van der Waals surface area contributed by atoms with Crippen LogP contribution in [0.2, 0.25) is 0 Å². The largest absolute Gasteiger partial charge is 0.486 e. The van der Waals surface area contributed by atoms with Crippen LogP contribution in [0.15, 0.2) is 42.5 Å². The average Bonchev–Trinajstić information content (AvgIpc) is 3.03. The number of rotatable bonds is 2. The molecule has 0 fully saturated rings. The summed E-state index contributed by atoms with van der Waals surface area (Å²) in [6, 6.07) is 15.8. The van der Waals surface area contributed by atoms with Gasteiger partial charge in [-0.1, -0.05) is 18.2 Å². The molecule has 23 heavy (non-hydrogen) atoms. The van der Waals surface area contributed by atoms with Crippen molar-refractivity contribution in [3.05, 3.63) is 53.0 Å². The molecule has 3 aromatic rings. The molecule has 0 saturated carbocycles. The number of hydrogen-bond donors (Lipinski definition) is 0. The van der Waals surface area contributed by atoms with E-state index in [1.54, 1.807) is 0 Å². The van der Waals surface area contributed by atoms with E-state index >= 15 is 0 Å². The first-order valence-corrected chi connectivity index (χ1v) is 8.02. The van der Waals surface area contributed by atoms with E-state index in [2.05, 4.69) is 11.1 Å².